The van der Waals surface area contributed by atoms with E-state index in [9.17, 15) is 16.8 Å². The maximum atomic E-state index is 12.5. The average molecular weight is 347 g/mol. The highest BCUT2D eigenvalue weighted by Crippen LogP contribution is 2.25. The van der Waals surface area contributed by atoms with Crippen LogP contribution in [-0.4, -0.2) is 53.3 Å². The van der Waals surface area contributed by atoms with E-state index in [4.69, 9.17) is 4.74 Å². The molecule has 0 saturated carbocycles. The number of hydrogen-bond donors (Lipinski definition) is 0. The summed E-state index contributed by atoms with van der Waals surface area (Å²) in [4.78, 5) is 0.231. The summed E-state index contributed by atoms with van der Waals surface area (Å²) in [6, 6.07) is 6.28. The van der Waals surface area contributed by atoms with Gasteiger partial charge in [-0.15, -0.1) is 0 Å². The maximum Gasteiger partial charge on any atom is 0.243 e. The lowest BCUT2D eigenvalue weighted by Crippen LogP contribution is -2.39. The molecule has 0 N–H and O–H groups in total. The van der Waals surface area contributed by atoms with Crippen LogP contribution in [0.25, 0.3) is 0 Å². The van der Waals surface area contributed by atoms with E-state index in [-0.39, 0.29) is 16.6 Å². The zero-order valence-electron chi connectivity index (χ0n) is 12.7. The van der Waals surface area contributed by atoms with Crippen molar-refractivity contribution in [3.05, 3.63) is 24.3 Å². The van der Waals surface area contributed by atoms with Crippen molar-refractivity contribution < 1.29 is 21.6 Å². The highest BCUT2D eigenvalue weighted by molar-refractivity contribution is 7.90. The normalized spacial score (nSPS) is 18.3. The van der Waals surface area contributed by atoms with Crippen LogP contribution < -0.4 is 4.74 Å². The van der Waals surface area contributed by atoms with Gasteiger partial charge < -0.3 is 4.74 Å². The Labute approximate surface area is 132 Å². The van der Waals surface area contributed by atoms with Gasteiger partial charge in [0.2, 0.25) is 10.0 Å². The lowest BCUT2D eigenvalue weighted by atomic mass is 10.0. The van der Waals surface area contributed by atoms with Gasteiger partial charge in [0.25, 0.3) is 0 Å². The number of methoxy groups -OCH3 is 1. The van der Waals surface area contributed by atoms with Crippen molar-refractivity contribution in [3.8, 4) is 5.75 Å². The van der Waals surface area contributed by atoms with E-state index in [1.165, 1.54) is 29.8 Å². The Morgan fingerprint density at radius 3 is 2.09 bits per heavy atom. The molecule has 124 valence electrons. The maximum absolute atomic E-state index is 12.5. The van der Waals surface area contributed by atoms with Crippen LogP contribution >= 0.6 is 0 Å². The van der Waals surface area contributed by atoms with Gasteiger partial charge in [0.15, 0.2) is 0 Å². The molecule has 1 aromatic carbocycles. The third-order valence-electron chi connectivity index (χ3n) is 3.81. The van der Waals surface area contributed by atoms with Crippen LogP contribution in [0.15, 0.2) is 29.2 Å². The summed E-state index contributed by atoms with van der Waals surface area (Å²) < 4.78 is 54.2. The summed E-state index contributed by atoms with van der Waals surface area (Å²) in [5, 5.41) is 0. The molecule has 1 saturated heterocycles. The van der Waals surface area contributed by atoms with Crippen molar-refractivity contribution in [3.63, 3.8) is 0 Å². The molecule has 6 nitrogen and oxygen atoms in total. The van der Waals surface area contributed by atoms with Crippen molar-refractivity contribution in [1.29, 1.82) is 0 Å². The van der Waals surface area contributed by atoms with E-state index in [0.29, 0.717) is 31.7 Å². The molecule has 0 unspecified atom stereocenters. The standard InChI is InChI=1S/C14H21NO5S2/c1-20-13-3-5-14(6-4-13)22(18,19)15-9-7-12(8-10-15)11-21(2,16)17/h3-6,12H,7-11H2,1-2H3. The highest BCUT2D eigenvalue weighted by Gasteiger charge is 2.30. The van der Waals surface area contributed by atoms with Crippen molar-refractivity contribution in [1.82, 2.24) is 4.31 Å². The lowest BCUT2D eigenvalue weighted by molar-refractivity contribution is 0.289. The first-order valence-electron chi connectivity index (χ1n) is 7.04. The lowest BCUT2D eigenvalue weighted by Gasteiger charge is -2.30. The molecule has 1 aromatic rings. The van der Waals surface area contributed by atoms with Gasteiger partial charge in [-0.1, -0.05) is 0 Å². The zero-order valence-corrected chi connectivity index (χ0v) is 14.4. The van der Waals surface area contributed by atoms with Crippen LogP contribution in [0.3, 0.4) is 0 Å². The molecular formula is C14H21NO5S2. The zero-order chi connectivity index (χ0) is 16.4. The minimum absolute atomic E-state index is 0.0392. The fraction of sp³-hybridized carbons (Fsp3) is 0.571. The van der Waals surface area contributed by atoms with Crippen LogP contribution in [0.2, 0.25) is 0 Å². The first kappa shape index (κ1) is 17.2. The number of ether oxygens (including phenoxy) is 1. The van der Waals surface area contributed by atoms with Crippen molar-refractivity contribution in [2.75, 3.05) is 32.2 Å². The molecule has 0 atom stereocenters. The molecule has 0 amide bonds. The summed E-state index contributed by atoms with van der Waals surface area (Å²) in [7, 11) is -5.02. The number of hydrogen-bond acceptors (Lipinski definition) is 5. The molecule has 1 fully saturated rings. The average Bonchev–Trinajstić information content (AvgIpc) is 2.46. The molecule has 0 aromatic heterocycles. The molecule has 0 bridgehead atoms. The molecule has 22 heavy (non-hydrogen) atoms. The largest absolute Gasteiger partial charge is 0.497 e. The Bertz CT molecular complexity index is 702. The van der Waals surface area contributed by atoms with E-state index in [1.54, 1.807) is 12.1 Å². The van der Waals surface area contributed by atoms with Crippen molar-refractivity contribution in [2.45, 2.75) is 17.7 Å². The quantitative estimate of drug-likeness (QED) is 0.798. The fourth-order valence-corrected chi connectivity index (χ4v) is 5.30. The summed E-state index contributed by atoms with van der Waals surface area (Å²) in [6.45, 7) is 0.711. The van der Waals surface area contributed by atoms with Gasteiger partial charge in [0.05, 0.1) is 17.8 Å². The molecule has 0 radical (unpaired) electrons. The molecule has 8 heteroatoms. The fourth-order valence-electron chi connectivity index (χ4n) is 2.64. The first-order valence-corrected chi connectivity index (χ1v) is 10.5. The smallest absolute Gasteiger partial charge is 0.243 e. The molecular weight excluding hydrogens is 326 g/mol. The van der Waals surface area contributed by atoms with E-state index >= 15 is 0 Å². The Morgan fingerprint density at radius 2 is 1.64 bits per heavy atom. The van der Waals surface area contributed by atoms with Gasteiger partial charge in [-0.2, -0.15) is 4.31 Å². The van der Waals surface area contributed by atoms with E-state index < -0.39 is 19.9 Å². The van der Waals surface area contributed by atoms with Crippen LogP contribution in [-0.2, 0) is 19.9 Å². The topological polar surface area (TPSA) is 80.8 Å². The van der Waals surface area contributed by atoms with E-state index in [1.807, 2.05) is 0 Å². The van der Waals surface area contributed by atoms with Gasteiger partial charge in [-0.25, -0.2) is 16.8 Å². The molecule has 2 rings (SSSR count). The van der Waals surface area contributed by atoms with E-state index in [0.717, 1.165) is 0 Å². The molecule has 0 aliphatic carbocycles. The number of sulfone groups is 1. The second-order valence-electron chi connectivity index (χ2n) is 5.62. The van der Waals surface area contributed by atoms with Crippen LogP contribution in [0, 0.1) is 5.92 Å². The van der Waals surface area contributed by atoms with Gasteiger partial charge in [-0.3, -0.25) is 0 Å². The highest BCUT2D eigenvalue weighted by atomic mass is 32.2. The predicted molar refractivity (Wildman–Crippen MR) is 84.2 cm³/mol. The number of rotatable bonds is 5. The Balaban J connectivity index is 2.05. The van der Waals surface area contributed by atoms with Crippen LogP contribution in [0.4, 0.5) is 0 Å². The third kappa shape index (κ3) is 4.21. The van der Waals surface area contributed by atoms with E-state index in [2.05, 4.69) is 0 Å². The number of sulfonamides is 1. The van der Waals surface area contributed by atoms with Gasteiger partial charge in [-0.05, 0) is 43.0 Å². The molecule has 1 aliphatic heterocycles. The SMILES string of the molecule is COc1ccc(S(=O)(=O)N2CCC(CS(C)(=O)=O)CC2)cc1. The number of benzene rings is 1. The minimum atomic E-state index is -3.53. The molecule has 1 aliphatic rings. The first-order chi connectivity index (χ1) is 10.2. The Kier molecular flexibility index (Phi) is 5.14. The van der Waals surface area contributed by atoms with Crippen LogP contribution in [0.5, 0.6) is 5.75 Å². The minimum Gasteiger partial charge on any atom is -0.497 e. The Morgan fingerprint density at radius 1 is 1.09 bits per heavy atom. The van der Waals surface area contributed by atoms with Gasteiger partial charge >= 0.3 is 0 Å². The molecule has 0 spiro atoms. The van der Waals surface area contributed by atoms with Crippen molar-refractivity contribution >= 4 is 19.9 Å². The Hall–Kier alpha value is -1.12. The monoisotopic (exact) mass is 347 g/mol. The third-order valence-corrected chi connectivity index (χ3v) is 6.80. The second-order valence-corrected chi connectivity index (χ2v) is 9.74. The van der Waals surface area contributed by atoms with Gasteiger partial charge in [0, 0.05) is 19.3 Å². The predicted octanol–water partition coefficient (Wildman–Crippen LogP) is 1.14. The summed E-state index contributed by atoms with van der Waals surface area (Å²) in [5.41, 5.74) is 0. The second kappa shape index (κ2) is 6.55. The van der Waals surface area contributed by atoms with Crippen molar-refractivity contribution in [2.24, 2.45) is 5.92 Å². The van der Waals surface area contributed by atoms with Gasteiger partial charge in [0.1, 0.15) is 15.6 Å². The summed E-state index contributed by atoms with van der Waals surface area (Å²) >= 11 is 0. The summed E-state index contributed by atoms with van der Waals surface area (Å²) in [5.74, 6) is 0.770. The molecule has 1 heterocycles. The van der Waals surface area contributed by atoms with Crippen LogP contribution in [0.1, 0.15) is 12.8 Å². The number of piperidine rings is 1. The number of nitrogens with zero attached hydrogens (tertiary/aromatic N) is 1. The summed E-state index contributed by atoms with van der Waals surface area (Å²) in [6.07, 6.45) is 2.36.